The molecule has 1 aliphatic carbocycles. The Bertz CT molecular complexity index is 396. The quantitative estimate of drug-likeness (QED) is 0.748. The molecule has 0 spiro atoms. The molecule has 2 rings (SSSR count). The van der Waals surface area contributed by atoms with Crippen molar-refractivity contribution in [3.05, 3.63) is 0 Å². The Morgan fingerprint density at radius 3 is 2.65 bits per heavy atom. The van der Waals surface area contributed by atoms with Gasteiger partial charge in [0, 0.05) is 20.1 Å². The molecule has 0 aliphatic heterocycles. The van der Waals surface area contributed by atoms with Gasteiger partial charge in [0.25, 0.3) is 0 Å². The summed E-state index contributed by atoms with van der Waals surface area (Å²) in [5, 5.41) is 3.21. The van der Waals surface area contributed by atoms with Crippen LogP contribution in [0.2, 0.25) is 0 Å². The summed E-state index contributed by atoms with van der Waals surface area (Å²) in [5.74, 6) is 2.09. The molecule has 6 nitrogen and oxygen atoms in total. The molecule has 1 saturated carbocycles. The maximum Gasteiger partial charge on any atom is 0.323 e. The SMILES string of the molecule is CCCNc1nc(OCCC)nc(N(C)CC2CC2)n1. The van der Waals surface area contributed by atoms with E-state index in [1.165, 1.54) is 12.8 Å². The van der Waals surface area contributed by atoms with Gasteiger partial charge in [-0.15, -0.1) is 0 Å². The topological polar surface area (TPSA) is 63.2 Å². The molecule has 0 aromatic carbocycles. The summed E-state index contributed by atoms with van der Waals surface area (Å²) >= 11 is 0. The molecule has 0 bridgehead atoms. The Morgan fingerprint density at radius 2 is 2.00 bits per heavy atom. The second kappa shape index (κ2) is 7.26. The van der Waals surface area contributed by atoms with Gasteiger partial charge in [-0.25, -0.2) is 0 Å². The summed E-state index contributed by atoms with van der Waals surface area (Å²) < 4.78 is 5.56. The minimum absolute atomic E-state index is 0.415. The molecule has 1 aromatic rings. The third-order valence-corrected chi connectivity index (χ3v) is 3.14. The number of hydrogen-bond donors (Lipinski definition) is 1. The predicted octanol–water partition coefficient (Wildman–Crippen LogP) is 2.33. The van der Waals surface area contributed by atoms with Crippen LogP contribution in [0.4, 0.5) is 11.9 Å². The highest BCUT2D eigenvalue weighted by atomic mass is 16.5. The van der Waals surface area contributed by atoms with Crippen molar-refractivity contribution in [2.75, 3.05) is 37.0 Å². The molecular weight excluding hydrogens is 254 g/mol. The van der Waals surface area contributed by atoms with E-state index in [0.29, 0.717) is 24.5 Å². The van der Waals surface area contributed by atoms with Gasteiger partial charge in [-0.1, -0.05) is 13.8 Å². The Balaban J connectivity index is 2.09. The number of nitrogens with one attached hydrogen (secondary N) is 1. The first kappa shape index (κ1) is 14.8. The van der Waals surface area contributed by atoms with E-state index >= 15 is 0 Å². The molecule has 20 heavy (non-hydrogen) atoms. The summed E-state index contributed by atoms with van der Waals surface area (Å²) in [6.45, 7) is 6.66. The van der Waals surface area contributed by atoms with Gasteiger partial charge in [-0.05, 0) is 31.6 Å². The first-order chi connectivity index (χ1) is 9.72. The third-order valence-electron chi connectivity index (χ3n) is 3.14. The molecule has 0 atom stereocenters. The number of hydrogen-bond acceptors (Lipinski definition) is 6. The largest absolute Gasteiger partial charge is 0.463 e. The van der Waals surface area contributed by atoms with Crippen molar-refractivity contribution in [2.45, 2.75) is 39.5 Å². The highest BCUT2D eigenvalue weighted by molar-refractivity contribution is 5.37. The van der Waals surface area contributed by atoms with Crippen molar-refractivity contribution < 1.29 is 4.74 Å². The summed E-state index contributed by atoms with van der Waals surface area (Å²) in [7, 11) is 2.03. The molecular formula is C14H25N5O. The van der Waals surface area contributed by atoms with Crippen LogP contribution in [-0.4, -0.2) is 41.7 Å². The number of aromatic nitrogens is 3. The average Bonchev–Trinajstić information content (AvgIpc) is 3.26. The standard InChI is InChI=1S/C14H25N5O/c1-4-8-15-12-16-13(19(3)10-11-6-7-11)18-14(17-12)20-9-5-2/h11H,4-10H2,1-3H3,(H,15,16,17,18). The van der Waals surface area contributed by atoms with Crippen molar-refractivity contribution in [3.8, 4) is 6.01 Å². The number of ether oxygens (including phenoxy) is 1. The number of nitrogens with zero attached hydrogens (tertiary/aromatic N) is 4. The summed E-state index contributed by atoms with van der Waals surface area (Å²) in [6.07, 6.45) is 4.60. The maximum atomic E-state index is 5.56. The highest BCUT2D eigenvalue weighted by Gasteiger charge is 2.24. The fourth-order valence-corrected chi connectivity index (χ4v) is 1.86. The fourth-order valence-electron chi connectivity index (χ4n) is 1.86. The van der Waals surface area contributed by atoms with Crippen LogP contribution < -0.4 is 15.0 Å². The van der Waals surface area contributed by atoms with Gasteiger partial charge in [0.15, 0.2) is 0 Å². The van der Waals surface area contributed by atoms with Gasteiger partial charge < -0.3 is 15.0 Å². The van der Waals surface area contributed by atoms with Crippen molar-refractivity contribution in [1.29, 1.82) is 0 Å². The lowest BCUT2D eigenvalue weighted by Crippen LogP contribution is -2.23. The van der Waals surface area contributed by atoms with Crippen LogP contribution in [-0.2, 0) is 0 Å². The first-order valence-electron chi connectivity index (χ1n) is 7.56. The summed E-state index contributed by atoms with van der Waals surface area (Å²) in [4.78, 5) is 15.3. The van der Waals surface area contributed by atoms with Crippen molar-refractivity contribution in [3.63, 3.8) is 0 Å². The molecule has 1 fully saturated rings. The molecule has 0 radical (unpaired) electrons. The van der Waals surface area contributed by atoms with E-state index in [1.807, 2.05) is 7.05 Å². The summed E-state index contributed by atoms with van der Waals surface area (Å²) in [5.41, 5.74) is 0. The Hall–Kier alpha value is -1.59. The molecule has 6 heteroatoms. The Kier molecular flexibility index (Phi) is 5.38. The monoisotopic (exact) mass is 279 g/mol. The Morgan fingerprint density at radius 1 is 1.20 bits per heavy atom. The normalized spacial score (nSPS) is 14.2. The fraction of sp³-hybridized carbons (Fsp3) is 0.786. The molecule has 1 aliphatic rings. The van der Waals surface area contributed by atoms with Gasteiger partial charge in [0.05, 0.1) is 6.61 Å². The lowest BCUT2D eigenvalue weighted by Gasteiger charge is -2.18. The van der Waals surface area contributed by atoms with E-state index in [0.717, 1.165) is 31.8 Å². The number of anilines is 2. The van der Waals surface area contributed by atoms with E-state index in [9.17, 15) is 0 Å². The predicted molar refractivity (Wildman–Crippen MR) is 80.4 cm³/mol. The Labute approximate surface area is 121 Å². The summed E-state index contributed by atoms with van der Waals surface area (Å²) in [6, 6.07) is 0.415. The first-order valence-corrected chi connectivity index (χ1v) is 7.56. The van der Waals surface area contributed by atoms with Gasteiger partial charge in [0.1, 0.15) is 0 Å². The van der Waals surface area contributed by atoms with Gasteiger partial charge in [-0.2, -0.15) is 15.0 Å². The van der Waals surface area contributed by atoms with Gasteiger partial charge in [0.2, 0.25) is 11.9 Å². The smallest absolute Gasteiger partial charge is 0.323 e. The van der Waals surface area contributed by atoms with Crippen molar-refractivity contribution in [1.82, 2.24) is 15.0 Å². The van der Waals surface area contributed by atoms with Gasteiger partial charge >= 0.3 is 6.01 Å². The van der Waals surface area contributed by atoms with Crippen LogP contribution >= 0.6 is 0 Å². The van der Waals surface area contributed by atoms with Crippen LogP contribution in [0.15, 0.2) is 0 Å². The minimum atomic E-state index is 0.415. The minimum Gasteiger partial charge on any atom is -0.463 e. The van der Waals surface area contributed by atoms with E-state index in [4.69, 9.17) is 4.74 Å². The zero-order valence-electron chi connectivity index (χ0n) is 12.7. The maximum absolute atomic E-state index is 5.56. The third kappa shape index (κ3) is 4.51. The molecule has 1 heterocycles. The van der Waals surface area contributed by atoms with Crippen molar-refractivity contribution in [2.24, 2.45) is 5.92 Å². The van der Waals surface area contributed by atoms with Crippen LogP contribution in [0.1, 0.15) is 39.5 Å². The molecule has 1 N–H and O–H groups in total. The van der Waals surface area contributed by atoms with Crippen LogP contribution in [0, 0.1) is 5.92 Å². The van der Waals surface area contributed by atoms with Crippen LogP contribution in [0.3, 0.4) is 0 Å². The van der Waals surface area contributed by atoms with Crippen LogP contribution in [0.25, 0.3) is 0 Å². The van der Waals surface area contributed by atoms with Crippen LogP contribution in [0.5, 0.6) is 6.01 Å². The van der Waals surface area contributed by atoms with E-state index in [-0.39, 0.29) is 0 Å². The molecule has 0 amide bonds. The average molecular weight is 279 g/mol. The molecule has 112 valence electrons. The molecule has 0 saturated heterocycles. The van der Waals surface area contributed by atoms with E-state index in [2.05, 4.69) is 39.0 Å². The highest BCUT2D eigenvalue weighted by Crippen LogP contribution is 2.30. The second-order valence-electron chi connectivity index (χ2n) is 5.34. The number of rotatable bonds is 9. The molecule has 1 aromatic heterocycles. The molecule has 0 unspecified atom stereocenters. The lowest BCUT2D eigenvalue weighted by atomic mass is 10.4. The van der Waals surface area contributed by atoms with E-state index < -0.39 is 0 Å². The lowest BCUT2D eigenvalue weighted by molar-refractivity contribution is 0.292. The van der Waals surface area contributed by atoms with E-state index in [1.54, 1.807) is 0 Å². The van der Waals surface area contributed by atoms with Gasteiger partial charge in [-0.3, -0.25) is 0 Å². The van der Waals surface area contributed by atoms with Crippen molar-refractivity contribution >= 4 is 11.9 Å². The second-order valence-corrected chi connectivity index (χ2v) is 5.34. The zero-order chi connectivity index (χ0) is 14.4. The zero-order valence-corrected chi connectivity index (χ0v) is 12.7.